The van der Waals surface area contributed by atoms with E-state index in [1.165, 1.54) is 11.8 Å². The van der Waals surface area contributed by atoms with Gasteiger partial charge in [0.1, 0.15) is 0 Å². The Morgan fingerprint density at radius 3 is 2.20 bits per heavy atom. The molecule has 0 aliphatic heterocycles. The molecule has 0 aliphatic rings. The number of nitrogens with one attached hydrogen (secondary N) is 1. The summed E-state index contributed by atoms with van der Waals surface area (Å²) in [4.78, 5) is 24.7. The monoisotopic (exact) mass is 470 g/mol. The third-order valence-electron chi connectivity index (χ3n) is 3.71. The van der Waals surface area contributed by atoms with Crippen LogP contribution in [0.2, 0.25) is 10.0 Å². The zero-order valence-corrected chi connectivity index (χ0v) is 20.0. The van der Waals surface area contributed by atoms with Gasteiger partial charge in [-0.1, -0.05) is 53.2 Å². The Kier molecular flexibility index (Phi) is 12.4. The maximum Gasteiger partial charge on any atom is 0.411 e. The van der Waals surface area contributed by atoms with Crippen LogP contribution in [0.25, 0.3) is 0 Å². The van der Waals surface area contributed by atoms with Gasteiger partial charge in [-0.05, 0) is 63.6 Å². The van der Waals surface area contributed by atoms with Crippen LogP contribution in [0.15, 0.2) is 48.5 Å². The molecule has 0 atom stereocenters. The van der Waals surface area contributed by atoms with Crippen molar-refractivity contribution in [2.75, 3.05) is 18.4 Å². The van der Waals surface area contributed by atoms with Gasteiger partial charge in [-0.25, -0.2) is 4.79 Å². The summed E-state index contributed by atoms with van der Waals surface area (Å²) in [6, 6.07) is 14.5. The smallest absolute Gasteiger partial charge is 0.411 e. The van der Waals surface area contributed by atoms with Crippen molar-refractivity contribution in [1.82, 2.24) is 4.90 Å². The predicted molar refractivity (Wildman–Crippen MR) is 128 cm³/mol. The van der Waals surface area contributed by atoms with Crippen molar-refractivity contribution in [1.29, 1.82) is 0 Å². The number of halogens is 2. The quantitative estimate of drug-likeness (QED) is 0.479. The van der Waals surface area contributed by atoms with Gasteiger partial charge in [0.15, 0.2) is 0 Å². The molecule has 0 spiro atoms. The van der Waals surface area contributed by atoms with Crippen molar-refractivity contribution in [3.8, 4) is 0 Å². The molecule has 2 aromatic carbocycles. The minimum Gasteiger partial charge on any atom is -0.447 e. The number of thioether (sulfide) groups is 1. The fourth-order valence-corrected chi connectivity index (χ4v) is 3.47. The van der Waals surface area contributed by atoms with E-state index in [1.807, 2.05) is 43.0 Å². The Hall–Kier alpha value is -1.89. The van der Waals surface area contributed by atoms with E-state index in [0.29, 0.717) is 16.5 Å². The summed E-state index contributed by atoms with van der Waals surface area (Å²) in [6.45, 7) is 9.09. The van der Waals surface area contributed by atoms with E-state index >= 15 is 0 Å². The zero-order valence-electron chi connectivity index (χ0n) is 17.7. The van der Waals surface area contributed by atoms with Crippen molar-refractivity contribution in [2.24, 2.45) is 0 Å². The number of hydrogen-bond acceptors (Lipinski definition) is 4. The van der Waals surface area contributed by atoms with E-state index in [1.54, 1.807) is 38.1 Å². The van der Waals surface area contributed by atoms with Gasteiger partial charge >= 0.3 is 6.09 Å². The molecule has 0 aliphatic carbocycles. The van der Waals surface area contributed by atoms with Crippen molar-refractivity contribution in [3.63, 3.8) is 0 Å². The van der Waals surface area contributed by atoms with Crippen LogP contribution in [0.1, 0.15) is 33.3 Å². The van der Waals surface area contributed by atoms with Crippen LogP contribution in [0, 0.1) is 0 Å². The predicted octanol–water partition coefficient (Wildman–Crippen LogP) is 7.33. The van der Waals surface area contributed by atoms with E-state index in [-0.39, 0.29) is 11.3 Å². The van der Waals surface area contributed by atoms with E-state index in [4.69, 9.17) is 27.9 Å². The Balaban J connectivity index is 0.000000303. The number of carbonyl (C=O) groups is 2. The molecular weight excluding hydrogens is 443 g/mol. The molecule has 0 saturated carbocycles. The molecule has 2 rings (SSSR count). The van der Waals surface area contributed by atoms with Crippen LogP contribution in [0.3, 0.4) is 0 Å². The molecule has 30 heavy (non-hydrogen) atoms. The Labute approximate surface area is 193 Å². The van der Waals surface area contributed by atoms with Crippen LogP contribution >= 0.6 is 35.0 Å². The second-order valence-corrected chi connectivity index (χ2v) is 8.24. The molecule has 0 bridgehead atoms. The molecule has 0 aromatic heterocycles. The van der Waals surface area contributed by atoms with Crippen LogP contribution in [0.5, 0.6) is 0 Å². The number of amides is 2. The third kappa shape index (κ3) is 10.8. The lowest BCUT2D eigenvalue weighted by Crippen LogP contribution is -2.26. The summed E-state index contributed by atoms with van der Waals surface area (Å²) < 4.78 is 4.90. The molecule has 0 fully saturated rings. The van der Waals surface area contributed by atoms with Crippen molar-refractivity contribution >= 4 is 52.0 Å². The summed E-state index contributed by atoms with van der Waals surface area (Å²) >= 11 is 12.9. The normalized spacial score (nSPS) is 10.1. The first kappa shape index (κ1) is 26.1. The number of rotatable bonds is 6. The highest BCUT2D eigenvalue weighted by atomic mass is 35.5. The SMILES string of the molecule is CC(C)OC(=O)Nc1cccc(Cl)c1.CCN(CC)C(=O)SCc1ccc(Cl)cc1. The van der Waals surface area contributed by atoms with Crippen molar-refractivity contribution in [3.05, 3.63) is 64.1 Å². The summed E-state index contributed by atoms with van der Waals surface area (Å²) in [5.74, 6) is 0.701. The number of anilines is 1. The fourth-order valence-electron chi connectivity index (χ4n) is 2.23. The lowest BCUT2D eigenvalue weighted by Gasteiger charge is -2.17. The molecule has 164 valence electrons. The minimum absolute atomic E-state index is 0.130. The highest BCUT2D eigenvalue weighted by Gasteiger charge is 2.09. The van der Waals surface area contributed by atoms with Crippen molar-refractivity contribution in [2.45, 2.75) is 39.6 Å². The average Bonchev–Trinajstić information content (AvgIpc) is 2.68. The van der Waals surface area contributed by atoms with E-state index in [0.717, 1.165) is 23.7 Å². The maximum absolute atomic E-state index is 11.7. The summed E-state index contributed by atoms with van der Waals surface area (Å²) in [5, 5.41) is 4.01. The number of hydrogen-bond donors (Lipinski definition) is 1. The van der Waals surface area contributed by atoms with Gasteiger partial charge in [-0.15, -0.1) is 0 Å². The second kappa shape index (κ2) is 14.2. The zero-order chi connectivity index (χ0) is 22.5. The Morgan fingerprint density at radius 2 is 1.67 bits per heavy atom. The van der Waals surface area contributed by atoms with Gasteiger partial charge in [0.2, 0.25) is 0 Å². The van der Waals surface area contributed by atoms with Crippen molar-refractivity contribution < 1.29 is 14.3 Å². The summed E-state index contributed by atoms with van der Waals surface area (Å²) in [7, 11) is 0. The molecule has 0 unspecified atom stereocenters. The number of ether oxygens (including phenoxy) is 1. The first-order valence-electron chi connectivity index (χ1n) is 9.64. The molecule has 0 saturated heterocycles. The number of benzene rings is 2. The number of nitrogens with zero attached hydrogens (tertiary/aromatic N) is 1. The largest absolute Gasteiger partial charge is 0.447 e. The van der Waals surface area contributed by atoms with Crippen LogP contribution in [-0.2, 0) is 10.5 Å². The Morgan fingerprint density at radius 1 is 1.03 bits per heavy atom. The molecule has 0 heterocycles. The van der Waals surface area contributed by atoms with Gasteiger partial charge in [-0.3, -0.25) is 10.1 Å². The molecule has 2 aromatic rings. The van der Waals surface area contributed by atoms with Gasteiger partial charge in [-0.2, -0.15) is 0 Å². The first-order chi connectivity index (χ1) is 14.2. The minimum atomic E-state index is -0.470. The average molecular weight is 471 g/mol. The summed E-state index contributed by atoms with van der Waals surface area (Å²) in [5.41, 5.74) is 1.75. The topological polar surface area (TPSA) is 58.6 Å². The Bertz CT molecular complexity index is 797. The lowest BCUT2D eigenvalue weighted by molar-refractivity contribution is 0.130. The first-order valence-corrected chi connectivity index (χ1v) is 11.4. The highest BCUT2D eigenvalue weighted by molar-refractivity contribution is 8.12. The van der Waals surface area contributed by atoms with Crippen LogP contribution < -0.4 is 5.32 Å². The molecule has 8 heteroatoms. The molecule has 5 nitrogen and oxygen atoms in total. The molecule has 2 amide bonds. The summed E-state index contributed by atoms with van der Waals surface area (Å²) in [6.07, 6.45) is -0.601. The van der Waals surface area contributed by atoms with E-state index < -0.39 is 6.09 Å². The van der Waals surface area contributed by atoms with Crippen LogP contribution in [0.4, 0.5) is 15.3 Å². The molecule has 0 radical (unpaired) electrons. The highest BCUT2D eigenvalue weighted by Crippen LogP contribution is 2.18. The molecule has 1 N–H and O–H groups in total. The third-order valence-corrected chi connectivity index (χ3v) is 5.18. The van der Waals surface area contributed by atoms with Gasteiger partial charge in [0.05, 0.1) is 6.10 Å². The standard InChI is InChI=1S/C12H16ClNOS.C10H12ClNO2/c1-3-14(4-2)12(15)16-9-10-5-7-11(13)8-6-10;1-7(2)14-10(13)12-9-5-3-4-8(11)6-9/h5-8H,3-4,9H2,1-2H3;3-7H,1-2H3,(H,12,13). The second-order valence-electron chi connectivity index (χ2n) is 6.44. The van der Waals surface area contributed by atoms with Gasteiger partial charge < -0.3 is 9.64 Å². The van der Waals surface area contributed by atoms with Crippen LogP contribution in [-0.4, -0.2) is 35.4 Å². The van der Waals surface area contributed by atoms with Gasteiger partial charge in [0.25, 0.3) is 5.24 Å². The van der Waals surface area contributed by atoms with E-state index in [2.05, 4.69) is 5.32 Å². The number of carbonyl (C=O) groups excluding carboxylic acids is 2. The fraction of sp³-hybridized carbons (Fsp3) is 0.364. The van der Waals surface area contributed by atoms with Gasteiger partial charge in [0, 0.05) is 34.6 Å². The maximum atomic E-state index is 11.7. The molecular formula is C22H28Cl2N2O3S. The lowest BCUT2D eigenvalue weighted by atomic mass is 10.2. The van der Waals surface area contributed by atoms with E-state index in [9.17, 15) is 9.59 Å².